The lowest BCUT2D eigenvalue weighted by Crippen LogP contribution is -2.29. The molecule has 2 heterocycles. The van der Waals surface area contributed by atoms with Gasteiger partial charge in [-0.05, 0) is 43.2 Å². The number of rotatable bonds is 4. The summed E-state index contributed by atoms with van der Waals surface area (Å²) >= 11 is 0. The Morgan fingerprint density at radius 1 is 1.38 bits per heavy atom. The Hall–Kier alpha value is -2.60. The first kappa shape index (κ1) is 16.3. The van der Waals surface area contributed by atoms with Crippen LogP contribution < -0.4 is 5.32 Å². The summed E-state index contributed by atoms with van der Waals surface area (Å²) in [5.74, 6) is -0.0670. The van der Waals surface area contributed by atoms with Gasteiger partial charge >= 0.3 is 0 Å². The van der Waals surface area contributed by atoms with Gasteiger partial charge in [-0.2, -0.15) is 0 Å². The van der Waals surface area contributed by atoms with Crippen molar-refractivity contribution in [1.29, 1.82) is 0 Å². The predicted molar refractivity (Wildman–Crippen MR) is 88.9 cm³/mol. The zero-order valence-corrected chi connectivity index (χ0v) is 13.5. The number of anilines is 1. The first-order chi connectivity index (χ1) is 11.6. The number of carbonyl (C=O) groups excluding carboxylic acids is 2. The van der Waals surface area contributed by atoms with E-state index in [-0.39, 0.29) is 30.1 Å². The van der Waals surface area contributed by atoms with Crippen molar-refractivity contribution < 1.29 is 19.1 Å². The lowest BCUT2D eigenvalue weighted by Gasteiger charge is -2.17. The fourth-order valence-corrected chi connectivity index (χ4v) is 2.83. The van der Waals surface area contributed by atoms with Crippen LogP contribution in [-0.4, -0.2) is 41.5 Å². The van der Waals surface area contributed by atoms with Gasteiger partial charge in [-0.3, -0.25) is 9.59 Å². The summed E-state index contributed by atoms with van der Waals surface area (Å²) in [6.07, 6.45) is 2.25. The van der Waals surface area contributed by atoms with Crippen molar-refractivity contribution in [3.05, 3.63) is 53.5 Å². The number of aliphatic hydroxyl groups excluding tert-OH is 1. The van der Waals surface area contributed by atoms with Crippen LogP contribution in [0.25, 0.3) is 0 Å². The van der Waals surface area contributed by atoms with Crippen molar-refractivity contribution in [2.45, 2.75) is 13.3 Å². The molecule has 2 aromatic rings. The standard InChI is InChI=1S/C18H20N2O4/c1-12-4-5-14(18(23)20-7-6-13(10-20)11-21)9-15(12)19-17(22)16-3-2-8-24-16/h2-5,8-9,13,21H,6-7,10-11H2,1H3,(H,19,22). The summed E-state index contributed by atoms with van der Waals surface area (Å²) in [6.45, 7) is 3.18. The highest BCUT2D eigenvalue weighted by Crippen LogP contribution is 2.22. The number of nitrogens with one attached hydrogen (secondary N) is 1. The maximum Gasteiger partial charge on any atom is 0.291 e. The fraction of sp³-hybridized carbons (Fsp3) is 0.333. The fourth-order valence-electron chi connectivity index (χ4n) is 2.83. The van der Waals surface area contributed by atoms with Crippen LogP contribution in [0.4, 0.5) is 5.69 Å². The van der Waals surface area contributed by atoms with Crippen molar-refractivity contribution in [1.82, 2.24) is 4.90 Å². The molecule has 1 aliphatic heterocycles. The van der Waals surface area contributed by atoms with E-state index in [0.29, 0.717) is 24.3 Å². The average Bonchev–Trinajstić information content (AvgIpc) is 3.27. The third kappa shape index (κ3) is 3.33. The highest BCUT2D eigenvalue weighted by atomic mass is 16.3. The Balaban J connectivity index is 1.76. The second-order valence-electron chi connectivity index (χ2n) is 6.05. The van der Waals surface area contributed by atoms with Crippen molar-refractivity contribution in [3.63, 3.8) is 0 Å². The number of likely N-dealkylation sites (tertiary alicyclic amines) is 1. The Labute approximate surface area is 140 Å². The van der Waals surface area contributed by atoms with E-state index in [1.807, 2.05) is 13.0 Å². The molecule has 2 N–H and O–H groups in total. The minimum absolute atomic E-state index is 0.0838. The molecule has 6 heteroatoms. The van der Waals surface area contributed by atoms with E-state index < -0.39 is 0 Å². The number of benzene rings is 1. The van der Waals surface area contributed by atoms with Gasteiger partial charge < -0.3 is 19.7 Å². The number of aryl methyl sites for hydroxylation is 1. The molecule has 0 aliphatic carbocycles. The second kappa shape index (κ2) is 6.88. The normalized spacial score (nSPS) is 17.1. The first-order valence-electron chi connectivity index (χ1n) is 7.94. The van der Waals surface area contributed by atoms with E-state index in [0.717, 1.165) is 12.0 Å². The van der Waals surface area contributed by atoms with E-state index in [2.05, 4.69) is 5.32 Å². The molecule has 0 radical (unpaired) electrons. The molecule has 0 spiro atoms. The quantitative estimate of drug-likeness (QED) is 0.902. The maximum atomic E-state index is 12.6. The number of hydrogen-bond donors (Lipinski definition) is 2. The maximum absolute atomic E-state index is 12.6. The van der Waals surface area contributed by atoms with E-state index in [9.17, 15) is 14.7 Å². The molecule has 1 aromatic heterocycles. The monoisotopic (exact) mass is 328 g/mol. The van der Waals surface area contributed by atoms with Crippen LogP contribution in [0.5, 0.6) is 0 Å². The molecule has 1 aromatic carbocycles. The van der Waals surface area contributed by atoms with Crippen LogP contribution in [0.1, 0.15) is 32.9 Å². The lowest BCUT2D eigenvalue weighted by molar-refractivity contribution is 0.0781. The van der Waals surface area contributed by atoms with Gasteiger partial charge in [0.15, 0.2) is 5.76 Å². The van der Waals surface area contributed by atoms with E-state index in [1.165, 1.54) is 6.26 Å². The molecule has 1 unspecified atom stereocenters. The Bertz CT molecular complexity index is 739. The van der Waals surface area contributed by atoms with Gasteiger partial charge in [-0.1, -0.05) is 6.07 Å². The zero-order valence-electron chi connectivity index (χ0n) is 13.5. The topological polar surface area (TPSA) is 82.8 Å². The summed E-state index contributed by atoms with van der Waals surface area (Å²) in [5, 5.41) is 12.0. The molecule has 24 heavy (non-hydrogen) atoms. The van der Waals surface area contributed by atoms with Crippen LogP contribution in [0.2, 0.25) is 0 Å². The van der Waals surface area contributed by atoms with Crippen LogP contribution in [-0.2, 0) is 0 Å². The second-order valence-corrected chi connectivity index (χ2v) is 6.05. The zero-order chi connectivity index (χ0) is 17.1. The lowest BCUT2D eigenvalue weighted by atomic mass is 10.1. The summed E-state index contributed by atoms with van der Waals surface area (Å²) in [6, 6.07) is 8.48. The summed E-state index contributed by atoms with van der Waals surface area (Å²) in [4.78, 5) is 26.5. The smallest absolute Gasteiger partial charge is 0.291 e. The third-order valence-electron chi connectivity index (χ3n) is 4.31. The largest absolute Gasteiger partial charge is 0.459 e. The van der Waals surface area contributed by atoms with Gasteiger partial charge in [0.1, 0.15) is 0 Å². The molecule has 0 bridgehead atoms. The number of furan rings is 1. The molecule has 0 saturated carbocycles. The van der Waals surface area contributed by atoms with Gasteiger partial charge in [-0.25, -0.2) is 0 Å². The first-order valence-corrected chi connectivity index (χ1v) is 7.94. The molecule has 6 nitrogen and oxygen atoms in total. The van der Waals surface area contributed by atoms with Gasteiger partial charge in [0.2, 0.25) is 0 Å². The van der Waals surface area contributed by atoms with Crippen LogP contribution in [0, 0.1) is 12.8 Å². The van der Waals surface area contributed by atoms with Gasteiger partial charge in [0.05, 0.1) is 6.26 Å². The van der Waals surface area contributed by atoms with E-state index in [1.54, 1.807) is 29.2 Å². The summed E-state index contributed by atoms with van der Waals surface area (Å²) in [5.41, 5.74) is 1.97. The number of nitrogens with zero attached hydrogens (tertiary/aromatic N) is 1. The Kier molecular flexibility index (Phi) is 4.66. The predicted octanol–water partition coefficient (Wildman–Crippen LogP) is 2.29. The molecule has 2 amide bonds. The minimum Gasteiger partial charge on any atom is -0.459 e. The molecule has 1 saturated heterocycles. The van der Waals surface area contributed by atoms with E-state index >= 15 is 0 Å². The third-order valence-corrected chi connectivity index (χ3v) is 4.31. The molecular formula is C18H20N2O4. The number of hydrogen-bond acceptors (Lipinski definition) is 4. The molecule has 1 aliphatic rings. The SMILES string of the molecule is Cc1ccc(C(=O)N2CCC(CO)C2)cc1NC(=O)c1ccco1. The van der Waals surface area contributed by atoms with Crippen molar-refractivity contribution >= 4 is 17.5 Å². The van der Waals surface area contributed by atoms with Gasteiger partial charge in [0, 0.05) is 36.9 Å². The number of carbonyl (C=O) groups is 2. The summed E-state index contributed by atoms with van der Waals surface area (Å²) < 4.78 is 5.08. The Morgan fingerprint density at radius 3 is 2.88 bits per heavy atom. The van der Waals surface area contributed by atoms with E-state index in [4.69, 9.17) is 4.42 Å². The number of aliphatic hydroxyl groups is 1. The van der Waals surface area contributed by atoms with Crippen molar-refractivity contribution in [2.75, 3.05) is 25.0 Å². The number of amides is 2. The highest BCUT2D eigenvalue weighted by molar-refractivity contribution is 6.04. The highest BCUT2D eigenvalue weighted by Gasteiger charge is 2.26. The van der Waals surface area contributed by atoms with Crippen LogP contribution in [0.15, 0.2) is 41.0 Å². The molecular weight excluding hydrogens is 308 g/mol. The molecule has 1 atom stereocenters. The molecule has 3 rings (SSSR count). The van der Waals surface area contributed by atoms with Gasteiger partial charge in [-0.15, -0.1) is 0 Å². The molecule has 1 fully saturated rings. The Morgan fingerprint density at radius 2 is 2.21 bits per heavy atom. The summed E-state index contributed by atoms with van der Waals surface area (Å²) in [7, 11) is 0. The van der Waals surface area contributed by atoms with Crippen LogP contribution in [0.3, 0.4) is 0 Å². The average molecular weight is 328 g/mol. The van der Waals surface area contributed by atoms with Gasteiger partial charge in [0.25, 0.3) is 11.8 Å². The minimum atomic E-state index is -0.353. The molecule has 126 valence electrons. The van der Waals surface area contributed by atoms with Crippen molar-refractivity contribution in [3.8, 4) is 0 Å². The van der Waals surface area contributed by atoms with Crippen molar-refractivity contribution in [2.24, 2.45) is 5.92 Å². The van der Waals surface area contributed by atoms with Crippen LogP contribution >= 0.6 is 0 Å².